The van der Waals surface area contributed by atoms with Gasteiger partial charge < -0.3 is 9.47 Å². The Bertz CT molecular complexity index is 410. The molecule has 0 amide bonds. The van der Waals surface area contributed by atoms with Crippen molar-refractivity contribution in [1.29, 1.82) is 0 Å². The third-order valence-electron chi connectivity index (χ3n) is 1.78. The Morgan fingerprint density at radius 1 is 1.56 bits per heavy atom. The van der Waals surface area contributed by atoms with Crippen LogP contribution in [0.25, 0.3) is 0 Å². The number of carbonyl (C=O) groups is 1. The van der Waals surface area contributed by atoms with Crippen molar-refractivity contribution in [2.24, 2.45) is 0 Å². The van der Waals surface area contributed by atoms with Crippen LogP contribution in [0.1, 0.15) is 14.7 Å². The monoisotopic (exact) mass is 287 g/mol. The van der Waals surface area contributed by atoms with E-state index >= 15 is 0 Å². The molecule has 0 bridgehead atoms. The van der Waals surface area contributed by atoms with Gasteiger partial charge in [-0.1, -0.05) is 0 Å². The molecule has 1 aromatic heterocycles. The number of hydrogen-bond donors (Lipinski definition) is 0. The smallest absolute Gasteiger partial charge is 0.349 e. The van der Waals surface area contributed by atoms with Crippen molar-refractivity contribution in [3.63, 3.8) is 0 Å². The molecule has 0 aliphatic heterocycles. The first-order valence-corrected chi connectivity index (χ1v) is 5.45. The van der Waals surface area contributed by atoms with Crippen molar-refractivity contribution in [1.82, 2.24) is 4.98 Å². The van der Waals surface area contributed by atoms with Crippen LogP contribution in [0.4, 0.5) is 17.6 Å². The summed E-state index contributed by atoms with van der Waals surface area (Å²) in [6.45, 7) is -1.78. The summed E-state index contributed by atoms with van der Waals surface area (Å²) < 4.78 is 57.4. The number of hydrogen-bond acceptors (Lipinski definition) is 5. The number of aromatic nitrogens is 1. The molecule has 4 nitrogen and oxygen atoms in total. The molecule has 0 saturated carbocycles. The van der Waals surface area contributed by atoms with Gasteiger partial charge in [0, 0.05) is 0 Å². The van der Waals surface area contributed by atoms with Crippen LogP contribution in [0.2, 0.25) is 0 Å². The van der Waals surface area contributed by atoms with Crippen LogP contribution in [-0.2, 0) is 16.1 Å². The Balaban J connectivity index is 2.45. The van der Waals surface area contributed by atoms with Gasteiger partial charge in [-0.2, -0.15) is 8.78 Å². The number of thiazole rings is 1. The predicted octanol–water partition coefficient (Wildman–Crippen LogP) is 2.35. The van der Waals surface area contributed by atoms with Crippen molar-refractivity contribution in [2.75, 3.05) is 13.7 Å². The van der Waals surface area contributed by atoms with E-state index in [-0.39, 0.29) is 16.5 Å². The molecule has 0 spiro atoms. The summed E-state index contributed by atoms with van der Waals surface area (Å²) in [5, 5.41) is 0.223. The normalized spacial score (nSPS) is 11.9. The molecule has 0 atom stereocenters. The SMILES string of the molecule is COC(=O)c1cnc(COCC(F)(F)C(F)F)s1. The molecule has 102 valence electrons. The van der Waals surface area contributed by atoms with E-state index in [4.69, 9.17) is 0 Å². The standard InChI is InChI=1S/C9H9F4NO3S/c1-16-7(15)5-2-14-6(18-5)3-17-4-9(12,13)8(10)11/h2,8H,3-4H2,1H3. The van der Waals surface area contributed by atoms with E-state index < -0.39 is 24.9 Å². The predicted molar refractivity (Wildman–Crippen MR) is 54.1 cm³/mol. The number of esters is 1. The lowest BCUT2D eigenvalue weighted by Crippen LogP contribution is -2.32. The number of methoxy groups -OCH3 is 1. The van der Waals surface area contributed by atoms with Crippen molar-refractivity contribution in [2.45, 2.75) is 19.0 Å². The fourth-order valence-corrected chi connectivity index (χ4v) is 1.68. The summed E-state index contributed by atoms with van der Waals surface area (Å²) in [6.07, 6.45) is -2.58. The minimum atomic E-state index is -4.19. The van der Waals surface area contributed by atoms with Gasteiger partial charge in [-0.3, -0.25) is 0 Å². The molecular formula is C9H9F4NO3S. The van der Waals surface area contributed by atoms with Crippen molar-refractivity contribution < 1.29 is 31.8 Å². The zero-order valence-electron chi connectivity index (χ0n) is 9.16. The van der Waals surface area contributed by atoms with Crippen molar-refractivity contribution in [3.05, 3.63) is 16.1 Å². The average molecular weight is 287 g/mol. The van der Waals surface area contributed by atoms with Crippen molar-refractivity contribution >= 4 is 17.3 Å². The first-order chi connectivity index (χ1) is 8.36. The van der Waals surface area contributed by atoms with Gasteiger partial charge in [0.15, 0.2) is 0 Å². The number of alkyl halides is 4. The van der Waals surface area contributed by atoms with Gasteiger partial charge in [-0.25, -0.2) is 18.6 Å². The molecule has 1 heterocycles. The summed E-state index contributed by atoms with van der Waals surface area (Å²) in [5.41, 5.74) is 0. The van der Waals surface area contributed by atoms with Gasteiger partial charge in [0.05, 0.1) is 19.9 Å². The fraction of sp³-hybridized carbons (Fsp3) is 0.556. The Labute approximate surface area is 104 Å². The highest BCUT2D eigenvalue weighted by molar-refractivity contribution is 7.13. The van der Waals surface area contributed by atoms with E-state index in [0.717, 1.165) is 11.3 Å². The average Bonchev–Trinajstić information content (AvgIpc) is 2.76. The quantitative estimate of drug-likeness (QED) is 0.595. The van der Waals surface area contributed by atoms with Crippen LogP contribution in [0.15, 0.2) is 6.20 Å². The van der Waals surface area contributed by atoms with Gasteiger partial charge in [-0.05, 0) is 0 Å². The maximum absolute atomic E-state index is 12.5. The summed E-state index contributed by atoms with van der Waals surface area (Å²) in [5.74, 6) is -4.81. The largest absolute Gasteiger partial charge is 0.465 e. The first-order valence-electron chi connectivity index (χ1n) is 4.63. The lowest BCUT2D eigenvalue weighted by molar-refractivity contribution is -0.168. The molecule has 0 radical (unpaired) electrons. The minimum Gasteiger partial charge on any atom is -0.465 e. The van der Waals surface area contributed by atoms with E-state index in [1.807, 2.05) is 0 Å². The maximum atomic E-state index is 12.5. The van der Waals surface area contributed by atoms with E-state index in [1.165, 1.54) is 13.3 Å². The lowest BCUT2D eigenvalue weighted by Gasteiger charge is -2.14. The molecule has 9 heteroatoms. The van der Waals surface area contributed by atoms with Gasteiger partial charge in [0.1, 0.15) is 16.5 Å². The van der Waals surface area contributed by atoms with Crippen LogP contribution in [0.5, 0.6) is 0 Å². The molecule has 18 heavy (non-hydrogen) atoms. The molecule has 0 N–H and O–H groups in total. The molecule has 0 unspecified atom stereocenters. The van der Waals surface area contributed by atoms with E-state index in [2.05, 4.69) is 14.5 Å². The van der Waals surface area contributed by atoms with Gasteiger partial charge in [0.2, 0.25) is 0 Å². The first kappa shape index (κ1) is 14.8. The zero-order chi connectivity index (χ0) is 13.8. The van der Waals surface area contributed by atoms with Crippen LogP contribution in [-0.4, -0.2) is 37.0 Å². The summed E-state index contributed by atoms with van der Waals surface area (Å²) >= 11 is 0.881. The molecule has 0 aliphatic carbocycles. The molecule has 0 fully saturated rings. The van der Waals surface area contributed by atoms with Gasteiger partial charge >= 0.3 is 18.3 Å². The fourth-order valence-electron chi connectivity index (χ4n) is 0.909. The van der Waals surface area contributed by atoms with Crippen LogP contribution in [0.3, 0.4) is 0 Å². The Hall–Kier alpha value is -1.22. The molecule has 1 aromatic rings. The highest BCUT2D eigenvalue weighted by Gasteiger charge is 2.40. The number of nitrogens with zero attached hydrogens (tertiary/aromatic N) is 1. The molecule has 0 saturated heterocycles. The van der Waals surface area contributed by atoms with E-state index in [9.17, 15) is 22.4 Å². The Morgan fingerprint density at radius 3 is 2.78 bits per heavy atom. The van der Waals surface area contributed by atoms with Crippen molar-refractivity contribution in [3.8, 4) is 0 Å². The van der Waals surface area contributed by atoms with Crippen LogP contribution >= 0.6 is 11.3 Å². The number of ether oxygens (including phenoxy) is 2. The van der Waals surface area contributed by atoms with Gasteiger partial charge in [0.25, 0.3) is 0 Å². The lowest BCUT2D eigenvalue weighted by atomic mass is 10.4. The second-order valence-corrected chi connectivity index (χ2v) is 4.28. The van der Waals surface area contributed by atoms with Crippen LogP contribution in [0, 0.1) is 0 Å². The number of halogens is 4. The van der Waals surface area contributed by atoms with Gasteiger partial charge in [-0.15, -0.1) is 11.3 Å². The number of carbonyl (C=O) groups excluding carboxylic acids is 1. The second-order valence-electron chi connectivity index (χ2n) is 3.16. The second kappa shape index (κ2) is 6.10. The molecule has 0 aliphatic rings. The van der Waals surface area contributed by atoms with E-state index in [1.54, 1.807) is 0 Å². The third kappa shape index (κ3) is 3.91. The maximum Gasteiger partial charge on any atom is 0.349 e. The molecule has 0 aromatic carbocycles. The summed E-state index contributed by atoms with van der Waals surface area (Å²) in [4.78, 5) is 14.9. The third-order valence-corrected chi connectivity index (χ3v) is 2.73. The minimum absolute atomic E-state index is 0.178. The van der Waals surface area contributed by atoms with Crippen LogP contribution < -0.4 is 0 Å². The Morgan fingerprint density at radius 2 is 2.22 bits per heavy atom. The highest BCUT2D eigenvalue weighted by atomic mass is 32.1. The highest BCUT2D eigenvalue weighted by Crippen LogP contribution is 2.23. The summed E-state index contributed by atoms with van der Waals surface area (Å²) in [6, 6.07) is 0. The van der Waals surface area contributed by atoms with E-state index in [0.29, 0.717) is 0 Å². The number of rotatable bonds is 6. The Kier molecular flexibility index (Phi) is 5.03. The molecule has 1 rings (SSSR count). The zero-order valence-corrected chi connectivity index (χ0v) is 9.98. The summed E-state index contributed by atoms with van der Waals surface area (Å²) in [7, 11) is 1.18. The molecular weight excluding hydrogens is 278 g/mol. The topological polar surface area (TPSA) is 48.4 Å².